The van der Waals surface area contributed by atoms with E-state index in [4.69, 9.17) is 4.74 Å². The average Bonchev–Trinajstić information content (AvgIpc) is 2.89. The molecule has 3 fully saturated rings. The molecule has 172 valence electrons. The van der Waals surface area contributed by atoms with Crippen molar-refractivity contribution in [2.45, 2.75) is 31.5 Å². The third kappa shape index (κ3) is 4.19. The molecule has 0 amide bonds. The predicted molar refractivity (Wildman–Crippen MR) is 136 cm³/mol. The summed E-state index contributed by atoms with van der Waals surface area (Å²) in [7, 11) is 0. The highest BCUT2D eigenvalue weighted by molar-refractivity contribution is 9.10. The van der Waals surface area contributed by atoms with Crippen molar-refractivity contribution in [3.8, 4) is 0 Å². The van der Waals surface area contributed by atoms with Gasteiger partial charge < -0.3 is 14.3 Å². The highest BCUT2D eigenvalue weighted by atomic mass is 79.9. The van der Waals surface area contributed by atoms with Gasteiger partial charge in [-0.25, -0.2) is 0 Å². The van der Waals surface area contributed by atoms with E-state index in [0.29, 0.717) is 6.61 Å². The van der Waals surface area contributed by atoms with Gasteiger partial charge in [0.2, 0.25) is 0 Å². The minimum absolute atomic E-state index is 0.120. The zero-order chi connectivity index (χ0) is 22.8. The molecule has 0 saturated carbocycles. The van der Waals surface area contributed by atoms with Crippen LogP contribution in [0.2, 0.25) is 0 Å². The first kappa shape index (κ1) is 22.8. The van der Waals surface area contributed by atoms with E-state index in [1.54, 1.807) is 0 Å². The molecule has 3 saturated heterocycles. The summed E-state index contributed by atoms with van der Waals surface area (Å²) in [5.74, 6) is 0. The van der Waals surface area contributed by atoms with E-state index in [1.165, 1.54) is 5.56 Å². The number of benzene rings is 3. The van der Waals surface area contributed by atoms with Gasteiger partial charge in [-0.3, -0.25) is 0 Å². The van der Waals surface area contributed by atoms with Crippen LogP contribution < -0.4 is 0 Å². The van der Waals surface area contributed by atoms with Gasteiger partial charge >= 0.3 is 0 Å². The minimum Gasteiger partial charge on any atom is -0.380 e. The topological polar surface area (TPSA) is 29.5 Å². The number of ether oxygens (including phenoxy) is 1. The summed E-state index contributed by atoms with van der Waals surface area (Å²) in [6.07, 6.45) is 3.12. The molecule has 3 aromatic carbocycles. The fraction of sp³-hybridized carbons (Fsp3) is 0.379. The Morgan fingerprint density at radius 2 is 1.30 bits per heavy atom. The Bertz CT molecular complexity index is 1010. The van der Waals surface area contributed by atoms with Crippen LogP contribution in [0.15, 0.2) is 89.4 Å². The second kappa shape index (κ2) is 9.34. The van der Waals surface area contributed by atoms with Crippen molar-refractivity contribution < 1.29 is 14.3 Å². The number of hydrogen-bond acceptors (Lipinski definition) is 2. The Morgan fingerprint density at radius 3 is 1.85 bits per heavy atom. The first-order valence-corrected chi connectivity index (χ1v) is 12.9. The molecule has 33 heavy (non-hydrogen) atoms. The van der Waals surface area contributed by atoms with Crippen LogP contribution in [0.25, 0.3) is 0 Å². The normalized spacial score (nSPS) is 24.7. The lowest BCUT2D eigenvalue weighted by molar-refractivity contribution is -0.946. The van der Waals surface area contributed by atoms with Gasteiger partial charge in [0.15, 0.2) is 0 Å². The van der Waals surface area contributed by atoms with Crippen LogP contribution in [0.3, 0.4) is 0 Å². The molecule has 0 atom stereocenters. The molecule has 3 aliphatic heterocycles. The van der Waals surface area contributed by atoms with Gasteiger partial charge in [-0.15, -0.1) is 0 Å². The fourth-order valence-corrected chi connectivity index (χ4v) is 6.53. The zero-order valence-corrected chi connectivity index (χ0v) is 20.7. The summed E-state index contributed by atoms with van der Waals surface area (Å²) < 4.78 is 8.32. The van der Waals surface area contributed by atoms with Gasteiger partial charge in [-0.05, 0) is 22.8 Å². The lowest BCUT2D eigenvalue weighted by Crippen LogP contribution is -2.67. The molecule has 6 rings (SSSR count). The molecule has 3 heterocycles. The van der Waals surface area contributed by atoms with E-state index in [9.17, 15) is 5.11 Å². The van der Waals surface area contributed by atoms with Crippen LogP contribution in [0.4, 0.5) is 0 Å². The number of rotatable bonds is 8. The first-order chi connectivity index (χ1) is 16.1. The van der Waals surface area contributed by atoms with Crippen LogP contribution in [0, 0.1) is 5.41 Å². The Morgan fingerprint density at radius 1 is 0.788 bits per heavy atom. The SMILES string of the molecule is OC(c1ccccc1)(c1ccccc1)C12CC[N+](CCOCc3ccccc3Br)(CC1)CC2. The van der Waals surface area contributed by atoms with Crippen molar-refractivity contribution in [3.05, 3.63) is 106 Å². The Balaban J connectivity index is 1.30. The van der Waals surface area contributed by atoms with E-state index in [2.05, 4.69) is 58.4 Å². The van der Waals surface area contributed by atoms with Crippen LogP contribution in [0.5, 0.6) is 0 Å². The summed E-state index contributed by atoms with van der Waals surface area (Å²) in [5, 5.41) is 12.5. The van der Waals surface area contributed by atoms with Crippen molar-refractivity contribution in [2.24, 2.45) is 5.41 Å². The monoisotopic (exact) mass is 506 g/mol. The largest absolute Gasteiger partial charge is 0.380 e. The number of fused-ring (bicyclic) bond motifs is 3. The summed E-state index contributed by atoms with van der Waals surface area (Å²) in [4.78, 5) is 0. The van der Waals surface area contributed by atoms with Crippen LogP contribution >= 0.6 is 15.9 Å². The third-order valence-electron chi connectivity index (χ3n) is 8.27. The zero-order valence-electron chi connectivity index (χ0n) is 19.1. The lowest BCUT2D eigenvalue weighted by Gasteiger charge is -2.60. The maximum absolute atomic E-state index is 12.5. The van der Waals surface area contributed by atoms with Gasteiger partial charge in [0.05, 0.1) is 32.8 Å². The summed E-state index contributed by atoms with van der Waals surface area (Å²) in [5.41, 5.74) is 2.17. The van der Waals surface area contributed by atoms with Crippen molar-refractivity contribution in [2.75, 3.05) is 32.8 Å². The van der Waals surface area contributed by atoms with Crippen molar-refractivity contribution in [3.63, 3.8) is 0 Å². The number of aliphatic hydroxyl groups is 1. The summed E-state index contributed by atoms with van der Waals surface area (Å²) in [6.45, 7) is 5.81. The maximum Gasteiger partial charge on any atom is 0.121 e. The molecular formula is C29H33BrNO2+. The third-order valence-corrected chi connectivity index (χ3v) is 9.04. The van der Waals surface area contributed by atoms with Crippen molar-refractivity contribution >= 4 is 15.9 Å². The number of piperidine rings is 3. The summed E-state index contributed by atoms with van der Waals surface area (Å²) >= 11 is 3.61. The van der Waals surface area contributed by atoms with Crippen molar-refractivity contribution in [1.82, 2.24) is 0 Å². The molecule has 0 aliphatic carbocycles. The van der Waals surface area contributed by atoms with Gasteiger partial charge in [-0.1, -0.05) is 94.8 Å². The highest BCUT2D eigenvalue weighted by Gasteiger charge is 2.60. The average molecular weight is 507 g/mol. The van der Waals surface area contributed by atoms with Gasteiger partial charge in [0, 0.05) is 29.2 Å². The van der Waals surface area contributed by atoms with Crippen LogP contribution in [0.1, 0.15) is 36.0 Å². The van der Waals surface area contributed by atoms with E-state index in [-0.39, 0.29) is 5.41 Å². The molecule has 3 nitrogen and oxygen atoms in total. The molecule has 1 N–H and O–H groups in total. The molecule has 2 bridgehead atoms. The molecule has 0 radical (unpaired) electrons. The lowest BCUT2D eigenvalue weighted by atomic mass is 9.56. The van der Waals surface area contributed by atoms with Crippen molar-refractivity contribution in [1.29, 1.82) is 0 Å². The van der Waals surface area contributed by atoms with E-state index in [1.807, 2.05) is 42.5 Å². The Labute approximate surface area is 205 Å². The fourth-order valence-electron chi connectivity index (χ4n) is 6.14. The smallest absolute Gasteiger partial charge is 0.121 e. The second-order valence-corrected chi connectivity index (χ2v) is 10.7. The molecule has 0 unspecified atom stereocenters. The van der Waals surface area contributed by atoms with Gasteiger partial charge in [0.25, 0.3) is 0 Å². The van der Waals surface area contributed by atoms with Gasteiger partial charge in [0.1, 0.15) is 12.1 Å². The maximum atomic E-state index is 12.5. The van der Waals surface area contributed by atoms with Gasteiger partial charge in [-0.2, -0.15) is 0 Å². The van der Waals surface area contributed by atoms with Crippen LogP contribution in [-0.2, 0) is 16.9 Å². The Kier molecular flexibility index (Phi) is 6.45. The minimum atomic E-state index is -0.956. The molecule has 3 aromatic rings. The number of quaternary nitrogens is 1. The molecule has 0 aromatic heterocycles. The highest BCUT2D eigenvalue weighted by Crippen LogP contribution is 2.57. The van der Waals surface area contributed by atoms with Crippen LogP contribution in [-0.4, -0.2) is 42.4 Å². The standard InChI is InChI=1S/C29H33BrNO2/c30-27-14-8-7-9-24(27)23-33-22-21-31-18-15-28(16-19-31,17-20-31)29(32,25-10-3-1-4-11-25)26-12-5-2-6-13-26/h1-14,32H,15-23H2/q+1. The van der Waals surface area contributed by atoms with E-state index in [0.717, 1.165) is 72.1 Å². The number of halogens is 1. The second-order valence-electron chi connectivity index (χ2n) is 9.85. The first-order valence-electron chi connectivity index (χ1n) is 12.1. The number of nitrogens with zero attached hydrogens (tertiary/aromatic N) is 1. The predicted octanol–water partition coefficient (Wildman–Crippen LogP) is 5.90. The summed E-state index contributed by atoms with van der Waals surface area (Å²) in [6, 6.07) is 28.9. The van der Waals surface area contributed by atoms with E-state index < -0.39 is 5.60 Å². The molecular weight excluding hydrogens is 474 g/mol. The molecule has 4 heteroatoms. The molecule has 3 aliphatic rings. The molecule has 0 spiro atoms. The van der Waals surface area contributed by atoms with E-state index >= 15 is 0 Å². The quantitative estimate of drug-likeness (QED) is 0.304. The Hall–Kier alpha value is -1.98. The number of hydrogen-bond donors (Lipinski definition) is 1.